The summed E-state index contributed by atoms with van der Waals surface area (Å²) in [5.41, 5.74) is 3.68. The molecule has 2 aliphatic heterocycles. The molecule has 0 spiro atoms. The molecule has 0 N–H and O–H groups in total. The number of carbonyl (C=O) groups excluding carboxylic acids is 1. The first kappa shape index (κ1) is 20.7. The van der Waals surface area contributed by atoms with Crippen molar-refractivity contribution < 1.29 is 9.53 Å². The smallest absolute Gasteiger partial charge is 0.286 e. The lowest BCUT2D eigenvalue weighted by Gasteiger charge is -2.35. The van der Waals surface area contributed by atoms with E-state index in [-0.39, 0.29) is 18.1 Å². The molecule has 0 aliphatic carbocycles. The van der Waals surface area contributed by atoms with Gasteiger partial charge in [0.1, 0.15) is 0 Å². The van der Waals surface area contributed by atoms with Crippen LogP contribution in [0.25, 0.3) is 23.0 Å². The van der Waals surface area contributed by atoms with Crippen LogP contribution in [0.4, 0.5) is 0 Å². The molecule has 32 heavy (non-hydrogen) atoms. The van der Waals surface area contributed by atoms with Crippen LogP contribution in [0.2, 0.25) is 0 Å². The van der Waals surface area contributed by atoms with Gasteiger partial charge in [-0.25, -0.2) is 4.68 Å². The van der Waals surface area contributed by atoms with Crippen molar-refractivity contribution in [3.8, 4) is 16.9 Å². The normalized spacial score (nSPS) is 22.4. The van der Waals surface area contributed by atoms with Crippen LogP contribution in [0.1, 0.15) is 19.4 Å². The number of hydrogen-bond donors (Lipinski definition) is 0. The summed E-state index contributed by atoms with van der Waals surface area (Å²) in [7, 11) is 0. The molecule has 1 aromatic heterocycles. The van der Waals surface area contributed by atoms with Crippen LogP contribution in [0.5, 0.6) is 0 Å². The Bertz CT molecular complexity index is 1180. The van der Waals surface area contributed by atoms with E-state index >= 15 is 0 Å². The van der Waals surface area contributed by atoms with E-state index < -0.39 is 0 Å². The number of amides is 1. The zero-order valence-electron chi connectivity index (χ0n) is 18.0. The predicted octanol–water partition coefficient (Wildman–Crippen LogP) is 4.62. The van der Waals surface area contributed by atoms with Gasteiger partial charge in [-0.15, -0.1) is 0 Å². The molecule has 0 radical (unpaired) electrons. The number of amidine groups is 1. The molecule has 0 bridgehead atoms. The topological polar surface area (TPSA) is 59.7 Å². The average molecular weight is 445 g/mol. The third kappa shape index (κ3) is 4.26. The number of aliphatic imine (C=N–C) groups is 1. The van der Waals surface area contributed by atoms with E-state index in [0.717, 1.165) is 40.8 Å². The van der Waals surface area contributed by atoms with Crippen molar-refractivity contribution in [2.24, 2.45) is 4.99 Å². The minimum absolute atomic E-state index is 0.110. The van der Waals surface area contributed by atoms with E-state index in [1.165, 1.54) is 11.8 Å². The fourth-order valence-corrected chi connectivity index (χ4v) is 4.96. The number of nitrogens with zero attached hydrogens (tertiary/aromatic N) is 4. The molecule has 1 fully saturated rings. The zero-order valence-corrected chi connectivity index (χ0v) is 18.8. The van der Waals surface area contributed by atoms with Crippen molar-refractivity contribution in [1.82, 2.24) is 14.7 Å². The lowest BCUT2D eigenvalue weighted by molar-refractivity contribution is -0.113. The summed E-state index contributed by atoms with van der Waals surface area (Å²) in [5.74, 6) is -0.205. The van der Waals surface area contributed by atoms with Crippen LogP contribution in [0.15, 0.2) is 76.8 Å². The lowest BCUT2D eigenvalue weighted by Crippen LogP contribution is -2.47. The molecule has 5 rings (SSSR count). The molecule has 162 valence electrons. The number of carbonyl (C=O) groups is 1. The summed E-state index contributed by atoms with van der Waals surface area (Å²) in [6.07, 6.45) is 4.10. The highest BCUT2D eigenvalue weighted by Gasteiger charge is 2.31. The van der Waals surface area contributed by atoms with Gasteiger partial charge in [0.25, 0.3) is 5.91 Å². The minimum Gasteiger partial charge on any atom is -0.372 e. The summed E-state index contributed by atoms with van der Waals surface area (Å²) in [6, 6.07) is 20.0. The maximum atomic E-state index is 12.8. The number of rotatable bonds is 3. The summed E-state index contributed by atoms with van der Waals surface area (Å²) in [4.78, 5) is 19.9. The first-order valence-corrected chi connectivity index (χ1v) is 11.5. The quantitative estimate of drug-likeness (QED) is 0.552. The molecule has 2 atom stereocenters. The predicted molar refractivity (Wildman–Crippen MR) is 129 cm³/mol. The molecular weight excluding hydrogens is 420 g/mol. The lowest BCUT2D eigenvalue weighted by atomic mass is 10.1. The highest BCUT2D eigenvalue weighted by molar-refractivity contribution is 8.18. The molecule has 2 aliphatic rings. The maximum Gasteiger partial charge on any atom is 0.286 e. The average Bonchev–Trinajstić information content (AvgIpc) is 3.38. The van der Waals surface area contributed by atoms with E-state index in [9.17, 15) is 4.79 Å². The van der Waals surface area contributed by atoms with E-state index in [4.69, 9.17) is 9.84 Å². The molecular formula is C25H24N4O2S. The molecule has 2 unspecified atom stereocenters. The van der Waals surface area contributed by atoms with Crippen LogP contribution in [0.3, 0.4) is 0 Å². The molecule has 1 amide bonds. The second kappa shape index (κ2) is 8.76. The highest BCUT2D eigenvalue weighted by atomic mass is 32.2. The van der Waals surface area contributed by atoms with Crippen molar-refractivity contribution in [1.29, 1.82) is 0 Å². The number of para-hydroxylation sites is 1. The number of ether oxygens (including phenoxy) is 1. The molecule has 1 saturated heterocycles. The monoisotopic (exact) mass is 444 g/mol. The standard InChI is InChI=1S/C25H24N4O2S/c1-17-14-28(15-18(2)31-17)25-26-24(30)22(32-25)13-20-16-29(21-11-7-4-8-12-21)27-23(20)19-9-5-3-6-10-19/h3-13,16-18H,14-15H2,1-2H3. The molecule has 7 heteroatoms. The van der Waals surface area contributed by atoms with Crippen LogP contribution < -0.4 is 0 Å². The van der Waals surface area contributed by atoms with Crippen molar-refractivity contribution in [3.05, 3.63) is 77.3 Å². The SMILES string of the molecule is CC1CN(C2=NC(=O)C(=Cc3cn(-c4ccccc4)nc3-c3ccccc3)S2)CC(C)O1. The van der Waals surface area contributed by atoms with Gasteiger partial charge in [0, 0.05) is 30.4 Å². The van der Waals surface area contributed by atoms with Crippen LogP contribution in [0, 0.1) is 0 Å². The Morgan fingerprint density at radius 3 is 2.34 bits per heavy atom. The fraction of sp³-hybridized carbons (Fsp3) is 0.240. The summed E-state index contributed by atoms with van der Waals surface area (Å²) in [5, 5.41) is 5.58. The van der Waals surface area contributed by atoms with Gasteiger partial charge in [-0.2, -0.15) is 10.1 Å². The summed E-state index contributed by atoms with van der Waals surface area (Å²) >= 11 is 1.43. The number of aromatic nitrogens is 2. The van der Waals surface area contributed by atoms with Crippen molar-refractivity contribution >= 4 is 28.9 Å². The van der Waals surface area contributed by atoms with Crippen molar-refractivity contribution in [2.75, 3.05) is 13.1 Å². The van der Waals surface area contributed by atoms with Gasteiger partial charge in [0.15, 0.2) is 5.17 Å². The highest BCUT2D eigenvalue weighted by Crippen LogP contribution is 2.34. The van der Waals surface area contributed by atoms with E-state index in [1.54, 1.807) is 0 Å². The fourth-order valence-electron chi connectivity index (χ4n) is 4.03. The first-order valence-electron chi connectivity index (χ1n) is 10.7. The van der Waals surface area contributed by atoms with Crippen molar-refractivity contribution in [3.63, 3.8) is 0 Å². The minimum atomic E-state index is -0.205. The van der Waals surface area contributed by atoms with E-state index in [1.807, 2.05) is 91.5 Å². The number of benzene rings is 2. The third-order valence-electron chi connectivity index (χ3n) is 5.40. The van der Waals surface area contributed by atoms with Gasteiger partial charge in [0.2, 0.25) is 0 Å². The Balaban J connectivity index is 1.48. The van der Waals surface area contributed by atoms with E-state index in [0.29, 0.717) is 4.91 Å². The second-order valence-corrected chi connectivity index (χ2v) is 9.06. The largest absolute Gasteiger partial charge is 0.372 e. The van der Waals surface area contributed by atoms with Crippen molar-refractivity contribution in [2.45, 2.75) is 26.1 Å². The van der Waals surface area contributed by atoms with Gasteiger partial charge in [0.05, 0.1) is 28.5 Å². The Kier molecular flexibility index (Phi) is 5.68. The van der Waals surface area contributed by atoms with Gasteiger partial charge in [-0.1, -0.05) is 48.5 Å². The van der Waals surface area contributed by atoms with E-state index in [2.05, 4.69) is 9.89 Å². The number of hydrogen-bond acceptors (Lipinski definition) is 5. The second-order valence-electron chi connectivity index (χ2n) is 8.05. The molecule has 2 aromatic carbocycles. The molecule has 3 aromatic rings. The Labute approximate surface area is 191 Å². The van der Waals surface area contributed by atoms with Gasteiger partial charge in [-0.05, 0) is 43.8 Å². The molecule has 0 saturated carbocycles. The third-order valence-corrected chi connectivity index (χ3v) is 6.44. The molecule has 3 heterocycles. The van der Waals surface area contributed by atoms with Gasteiger partial charge >= 0.3 is 0 Å². The molecule has 6 nitrogen and oxygen atoms in total. The van der Waals surface area contributed by atoms with Crippen LogP contribution in [-0.4, -0.2) is 51.1 Å². The Morgan fingerprint density at radius 2 is 1.66 bits per heavy atom. The van der Waals surface area contributed by atoms with Crippen LogP contribution in [-0.2, 0) is 9.53 Å². The Hall–Kier alpha value is -3.16. The maximum absolute atomic E-state index is 12.8. The summed E-state index contributed by atoms with van der Waals surface area (Å²) in [6.45, 7) is 5.56. The summed E-state index contributed by atoms with van der Waals surface area (Å²) < 4.78 is 7.67. The van der Waals surface area contributed by atoms with Crippen LogP contribution >= 0.6 is 11.8 Å². The first-order chi connectivity index (χ1) is 15.6. The number of morpholine rings is 1. The van der Waals surface area contributed by atoms with Gasteiger partial charge in [-0.3, -0.25) is 4.79 Å². The van der Waals surface area contributed by atoms with Gasteiger partial charge < -0.3 is 9.64 Å². The Morgan fingerprint density at radius 1 is 1.00 bits per heavy atom. The zero-order chi connectivity index (χ0) is 22.1. The number of thioether (sulfide) groups is 1.